The molecule has 1 aliphatic heterocycles. The van der Waals surface area contributed by atoms with E-state index in [9.17, 15) is 4.79 Å². The predicted molar refractivity (Wildman–Crippen MR) is 97.6 cm³/mol. The largest absolute Gasteiger partial charge is 0.346 e. The summed E-state index contributed by atoms with van der Waals surface area (Å²) in [5.41, 5.74) is 2.20. The van der Waals surface area contributed by atoms with Gasteiger partial charge in [-0.1, -0.05) is 29.8 Å². The van der Waals surface area contributed by atoms with Crippen molar-refractivity contribution in [3.63, 3.8) is 0 Å². The second-order valence-corrected chi connectivity index (χ2v) is 6.75. The van der Waals surface area contributed by atoms with E-state index in [2.05, 4.69) is 11.4 Å². The molecule has 5 heteroatoms. The van der Waals surface area contributed by atoms with E-state index in [1.54, 1.807) is 24.3 Å². The van der Waals surface area contributed by atoms with Gasteiger partial charge >= 0.3 is 0 Å². The maximum absolute atomic E-state index is 12.4. The summed E-state index contributed by atoms with van der Waals surface area (Å²) in [6.07, 6.45) is 2.42. The fraction of sp³-hybridized carbons (Fsp3) is 0.300. The molecular weight excluding hydrogens is 334 g/mol. The lowest BCUT2D eigenvalue weighted by atomic mass is 10.0. The highest BCUT2D eigenvalue weighted by Gasteiger charge is 2.29. The Morgan fingerprint density at radius 3 is 2.48 bits per heavy atom. The Hall–Kier alpha value is -2.35. The van der Waals surface area contributed by atoms with Crippen molar-refractivity contribution in [3.8, 4) is 6.07 Å². The number of hydrogen-bond donors (Lipinski definition) is 2. The summed E-state index contributed by atoms with van der Waals surface area (Å²) in [6, 6.07) is 16.8. The van der Waals surface area contributed by atoms with Crippen LogP contribution in [0.1, 0.15) is 40.4 Å². The second kappa shape index (κ2) is 8.15. The Balaban J connectivity index is 1.73. The Labute approximate surface area is 153 Å². The van der Waals surface area contributed by atoms with Crippen molar-refractivity contribution < 1.29 is 9.69 Å². The molecule has 1 amide bonds. The van der Waals surface area contributed by atoms with Crippen LogP contribution in [0.4, 0.5) is 0 Å². The van der Waals surface area contributed by atoms with E-state index in [1.807, 2.05) is 24.3 Å². The molecule has 1 aliphatic rings. The molecule has 3 rings (SSSR count). The number of hydrogen-bond acceptors (Lipinski definition) is 2. The maximum Gasteiger partial charge on any atom is 0.251 e. The zero-order valence-corrected chi connectivity index (χ0v) is 14.7. The Bertz CT molecular complexity index is 776. The predicted octanol–water partition coefficient (Wildman–Crippen LogP) is 2.36. The second-order valence-electron chi connectivity index (χ2n) is 6.34. The zero-order valence-electron chi connectivity index (χ0n) is 14.0. The van der Waals surface area contributed by atoms with Gasteiger partial charge in [0.25, 0.3) is 5.91 Å². The topological polar surface area (TPSA) is 57.3 Å². The van der Waals surface area contributed by atoms with Gasteiger partial charge in [-0.05, 0) is 30.3 Å². The lowest BCUT2D eigenvalue weighted by Gasteiger charge is -2.26. The number of likely N-dealkylation sites (tertiary alicyclic amines) is 1. The van der Waals surface area contributed by atoms with E-state index < -0.39 is 0 Å². The van der Waals surface area contributed by atoms with E-state index in [0.717, 1.165) is 23.7 Å². The Morgan fingerprint density at radius 2 is 1.84 bits per heavy atom. The van der Waals surface area contributed by atoms with Crippen LogP contribution < -0.4 is 10.2 Å². The fourth-order valence-corrected chi connectivity index (χ4v) is 3.67. The molecule has 2 aromatic carbocycles. The zero-order chi connectivity index (χ0) is 17.6. The van der Waals surface area contributed by atoms with Crippen LogP contribution in [-0.2, 0) is 0 Å². The molecule has 4 nitrogen and oxygen atoms in total. The number of amides is 1. The first-order chi connectivity index (χ1) is 12.2. The molecule has 1 heterocycles. The average Bonchev–Trinajstić information content (AvgIpc) is 3.17. The summed E-state index contributed by atoms with van der Waals surface area (Å²) in [6.45, 7) is 2.74. The third kappa shape index (κ3) is 4.19. The molecular formula is C20H21ClN3O+. The third-order valence-electron chi connectivity index (χ3n) is 4.76. The highest BCUT2D eigenvalue weighted by Crippen LogP contribution is 2.21. The summed E-state index contributed by atoms with van der Waals surface area (Å²) in [7, 11) is 0. The van der Waals surface area contributed by atoms with Gasteiger partial charge in [0, 0.05) is 29.0 Å². The van der Waals surface area contributed by atoms with E-state index in [4.69, 9.17) is 16.9 Å². The van der Waals surface area contributed by atoms with E-state index >= 15 is 0 Å². The number of carbonyl (C=O) groups is 1. The molecule has 0 aromatic heterocycles. The highest BCUT2D eigenvalue weighted by molar-refractivity contribution is 6.31. The van der Waals surface area contributed by atoms with Crippen molar-refractivity contribution in [2.24, 2.45) is 0 Å². The molecule has 0 bridgehead atoms. The summed E-state index contributed by atoms with van der Waals surface area (Å²) in [5, 5.41) is 12.6. The van der Waals surface area contributed by atoms with Crippen molar-refractivity contribution >= 4 is 17.5 Å². The van der Waals surface area contributed by atoms with Crippen molar-refractivity contribution in [2.75, 3.05) is 19.6 Å². The minimum Gasteiger partial charge on any atom is -0.346 e. The number of nitriles is 1. The van der Waals surface area contributed by atoms with E-state index in [1.165, 1.54) is 17.7 Å². The number of quaternary nitrogens is 1. The monoisotopic (exact) mass is 354 g/mol. The van der Waals surface area contributed by atoms with Crippen LogP contribution in [-0.4, -0.2) is 25.5 Å². The quantitative estimate of drug-likeness (QED) is 0.866. The molecule has 0 radical (unpaired) electrons. The molecule has 1 saturated heterocycles. The Kier molecular flexibility index (Phi) is 5.70. The SMILES string of the molecule is N#Cc1ccc(C(=O)NC[C@H](c2ccccc2Cl)[NH+]2CCCC2)cc1. The van der Waals surface area contributed by atoms with Crippen molar-refractivity contribution in [1.82, 2.24) is 5.32 Å². The van der Waals surface area contributed by atoms with Gasteiger partial charge in [-0.3, -0.25) is 4.79 Å². The molecule has 1 atom stereocenters. The van der Waals surface area contributed by atoms with Gasteiger partial charge in [0.2, 0.25) is 0 Å². The van der Waals surface area contributed by atoms with Gasteiger partial charge in [-0.2, -0.15) is 5.26 Å². The van der Waals surface area contributed by atoms with Crippen LogP contribution in [0.15, 0.2) is 48.5 Å². The Morgan fingerprint density at radius 1 is 1.16 bits per heavy atom. The highest BCUT2D eigenvalue weighted by atomic mass is 35.5. The van der Waals surface area contributed by atoms with E-state index in [-0.39, 0.29) is 11.9 Å². The van der Waals surface area contributed by atoms with Crippen LogP contribution in [0, 0.1) is 11.3 Å². The minimum atomic E-state index is -0.125. The molecule has 25 heavy (non-hydrogen) atoms. The molecule has 1 fully saturated rings. The maximum atomic E-state index is 12.4. The minimum absolute atomic E-state index is 0.125. The third-order valence-corrected chi connectivity index (χ3v) is 5.11. The first-order valence-electron chi connectivity index (χ1n) is 8.56. The van der Waals surface area contributed by atoms with Crippen molar-refractivity contribution in [3.05, 3.63) is 70.2 Å². The summed E-state index contributed by atoms with van der Waals surface area (Å²) in [4.78, 5) is 13.9. The number of halogens is 1. The van der Waals surface area contributed by atoms with Crippen LogP contribution >= 0.6 is 11.6 Å². The molecule has 0 spiro atoms. The molecule has 0 unspecified atom stereocenters. The molecule has 0 saturated carbocycles. The lowest BCUT2D eigenvalue weighted by molar-refractivity contribution is -0.918. The van der Waals surface area contributed by atoms with Gasteiger partial charge in [0.15, 0.2) is 0 Å². The van der Waals surface area contributed by atoms with Crippen LogP contribution in [0.3, 0.4) is 0 Å². The van der Waals surface area contributed by atoms with Crippen molar-refractivity contribution in [2.45, 2.75) is 18.9 Å². The van der Waals surface area contributed by atoms with Gasteiger partial charge in [0.1, 0.15) is 6.04 Å². The molecule has 128 valence electrons. The van der Waals surface area contributed by atoms with Gasteiger partial charge in [0.05, 0.1) is 31.3 Å². The van der Waals surface area contributed by atoms with E-state index in [0.29, 0.717) is 17.7 Å². The van der Waals surface area contributed by atoms with Crippen molar-refractivity contribution in [1.29, 1.82) is 5.26 Å². The molecule has 2 aromatic rings. The van der Waals surface area contributed by atoms with Gasteiger partial charge in [-0.15, -0.1) is 0 Å². The number of benzene rings is 2. The number of nitrogens with one attached hydrogen (secondary N) is 2. The van der Waals surface area contributed by atoms with Gasteiger partial charge < -0.3 is 10.2 Å². The molecule has 0 aliphatic carbocycles. The summed E-state index contributed by atoms with van der Waals surface area (Å²) in [5.74, 6) is -0.125. The first-order valence-corrected chi connectivity index (χ1v) is 8.94. The van der Waals surface area contributed by atoms with Crippen LogP contribution in [0.25, 0.3) is 0 Å². The smallest absolute Gasteiger partial charge is 0.251 e. The lowest BCUT2D eigenvalue weighted by Crippen LogP contribution is -3.11. The fourth-order valence-electron chi connectivity index (χ4n) is 3.40. The number of carbonyl (C=O) groups excluding carboxylic acids is 1. The van der Waals surface area contributed by atoms with Gasteiger partial charge in [-0.25, -0.2) is 0 Å². The number of nitrogens with zero attached hydrogens (tertiary/aromatic N) is 1. The summed E-state index contributed by atoms with van der Waals surface area (Å²) < 4.78 is 0. The first kappa shape index (κ1) is 17.5. The molecule has 2 N–H and O–H groups in total. The number of rotatable bonds is 5. The normalized spacial score (nSPS) is 15.5. The average molecular weight is 355 g/mol. The summed E-state index contributed by atoms with van der Waals surface area (Å²) >= 11 is 6.41. The van der Waals surface area contributed by atoms with Crippen LogP contribution in [0.2, 0.25) is 5.02 Å². The standard InChI is InChI=1S/C20H20ClN3O/c21-18-6-2-1-5-17(18)19(24-11-3-4-12-24)14-23-20(25)16-9-7-15(13-22)8-10-16/h1-2,5-10,19H,3-4,11-12,14H2,(H,23,25)/p+1/t19-/m1/s1. The van der Waals surface area contributed by atoms with Crippen LogP contribution in [0.5, 0.6) is 0 Å².